The van der Waals surface area contributed by atoms with E-state index in [4.69, 9.17) is 0 Å². The van der Waals surface area contributed by atoms with E-state index in [0.29, 0.717) is 5.56 Å². The van der Waals surface area contributed by atoms with Gasteiger partial charge in [0.05, 0.1) is 0 Å². The van der Waals surface area contributed by atoms with Crippen LogP contribution in [0.1, 0.15) is 34.8 Å². The highest BCUT2D eigenvalue weighted by Crippen LogP contribution is 2.32. The molecule has 0 saturated carbocycles. The zero-order chi connectivity index (χ0) is 15.0. The van der Waals surface area contributed by atoms with E-state index < -0.39 is 0 Å². The molecular formula is C18H19NO2. The van der Waals surface area contributed by atoms with Crippen molar-refractivity contribution in [1.29, 1.82) is 0 Å². The van der Waals surface area contributed by atoms with Gasteiger partial charge in [-0.15, -0.1) is 0 Å². The van der Waals surface area contributed by atoms with Gasteiger partial charge in [0.2, 0.25) is 0 Å². The number of hydrogen-bond donors (Lipinski definition) is 1. The number of nitrogens with zero attached hydrogens (tertiary/aromatic N) is 1. The summed E-state index contributed by atoms with van der Waals surface area (Å²) in [6.45, 7) is 3.89. The highest BCUT2D eigenvalue weighted by atomic mass is 16.3. The summed E-state index contributed by atoms with van der Waals surface area (Å²) in [5.74, 6) is 0.219. The number of hydrogen-bond acceptors (Lipinski definition) is 2. The van der Waals surface area contributed by atoms with Crippen LogP contribution in [0.3, 0.4) is 0 Å². The number of para-hydroxylation sites is 1. The molecule has 1 aliphatic rings. The van der Waals surface area contributed by atoms with Crippen molar-refractivity contribution in [3.05, 3.63) is 59.2 Å². The molecule has 2 aromatic carbocycles. The molecule has 0 saturated heterocycles. The lowest BCUT2D eigenvalue weighted by Crippen LogP contribution is -2.42. The molecule has 0 aromatic heterocycles. The molecule has 0 aliphatic carbocycles. The van der Waals surface area contributed by atoms with Crippen LogP contribution in [0, 0.1) is 6.92 Å². The van der Waals surface area contributed by atoms with E-state index in [2.05, 4.69) is 13.0 Å². The van der Waals surface area contributed by atoms with E-state index in [0.717, 1.165) is 24.1 Å². The van der Waals surface area contributed by atoms with Gasteiger partial charge < -0.3 is 10.0 Å². The average Bonchev–Trinajstić information content (AvgIpc) is 2.49. The molecule has 3 nitrogen and oxygen atoms in total. The number of anilines is 1. The summed E-state index contributed by atoms with van der Waals surface area (Å²) >= 11 is 0. The molecule has 1 aliphatic heterocycles. The van der Waals surface area contributed by atoms with Crippen molar-refractivity contribution < 1.29 is 9.90 Å². The Kier molecular flexibility index (Phi) is 3.42. The summed E-state index contributed by atoms with van der Waals surface area (Å²) in [6.07, 6.45) is 1.98. The Morgan fingerprint density at radius 2 is 2.00 bits per heavy atom. The Bertz CT molecular complexity index is 693. The number of phenolic OH excluding ortho intramolecular Hbond substituents is 1. The molecule has 108 valence electrons. The van der Waals surface area contributed by atoms with Gasteiger partial charge in [0.15, 0.2) is 0 Å². The van der Waals surface area contributed by atoms with E-state index in [1.54, 1.807) is 25.1 Å². The standard InChI is InChI=1S/C18H19NO2/c1-12-11-15(9-10-17(12)20)18(21)19-13(2)7-8-14-5-3-4-6-16(14)19/h3-6,9-11,13,20H,7-8H2,1-2H3. The first-order valence-electron chi connectivity index (χ1n) is 7.29. The summed E-state index contributed by atoms with van der Waals surface area (Å²) in [5.41, 5.74) is 3.57. The second-order valence-corrected chi connectivity index (χ2v) is 5.69. The lowest BCUT2D eigenvalue weighted by atomic mass is 9.95. The maximum absolute atomic E-state index is 12.9. The topological polar surface area (TPSA) is 40.5 Å². The van der Waals surface area contributed by atoms with Crippen LogP contribution in [0.25, 0.3) is 0 Å². The quantitative estimate of drug-likeness (QED) is 0.866. The van der Waals surface area contributed by atoms with Crippen molar-refractivity contribution in [3.63, 3.8) is 0 Å². The normalized spacial score (nSPS) is 17.4. The van der Waals surface area contributed by atoms with Crippen LogP contribution in [-0.2, 0) is 6.42 Å². The Labute approximate surface area is 124 Å². The molecule has 1 heterocycles. The minimum atomic E-state index is -0.00208. The Morgan fingerprint density at radius 1 is 1.24 bits per heavy atom. The minimum absolute atomic E-state index is 0.00208. The first-order valence-corrected chi connectivity index (χ1v) is 7.29. The van der Waals surface area contributed by atoms with Gasteiger partial charge >= 0.3 is 0 Å². The molecule has 1 N–H and O–H groups in total. The van der Waals surface area contributed by atoms with E-state index >= 15 is 0 Å². The van der Waals surface area contributed by atoms with Crippen LogP contribution in [0.2, 0.25) is 0 Å². The van der Waals surface area contributed by atoms with E-state index in [1.807, 2.05) is 23.1 Å². The molecule has 1 amide bonds. The molecule has 0 fully saturated rings. The number of aromatic hydroxyl groups is 1. The maximum Gasteiger partial charge on any atom is 0.258 e. The Morgan fingerprint density at radius 3 is 2.76 bits per heavy atom. The van der Waals surface area contributed by atoms with E-state index in [9.17, 15) is 9.90 Å². The van der Waals surface area contributed by atoms with Crippen molar-refractivity contribution in [3.8, 4) is 5.75 Å². The minimum Gasteiger partial charge on any atom is -0.508 e. The number of benzene rings is 2. The number of carbonyl (C=O) groups is 1. The predicted octanol–water partition coefficient (Wildman–Crippen LogP) is 3.68. The van der Waals surface area contributed by atoms with Gasteiger partial charge in [-0.2, -0.15) is 0 Å². The van der Waals surface area contributed by atoms with Crippen molar-refractivity contribution >= 4 is 11.6 Å². The van der Waals surface area contributed by atoms with Crippen LogP contribution >= 0.6 is 0 Å². The lowest BCUT2D eigenvalue weighted by molar-refractivity contribution is 0.0975. The molecule has 0 bridgehead atoms. The van der Waals surface area contributed by atoms with Crippen molar-refractivity contribution in [2.24, 2.45) is 0 Å². The number of aryl methyl sites for hydroxylation is 2. The summed E-state index contributed by atoms with van der Waals surface area (Å²) in [7, 11) is 0. The number of amides is 1. The fraction of sp³-hybridized carbons (Fsp3) is 0.278. The zero-order valence-corrected chi connectivity index (χ0v) is 12.3. The first kappa shape index (κ1) is 13.7. The SMILES string of the molecule is Cc1cc(C(=O)N2c3ccccc3CCC2C)ccc1O. The third-order valence-electron chi connectivity index (χ3n) is 4.19. The monoisotopic (exact) mass is 281 g/mol. The molecule has 0 radical (unpaired) electrons. The molecule has 2 aromatic rings. The third kappa shape index (κ3) is 2.40. The molecule has 1 atom stereocenters. The second-order valence-electron chi connectivity index (χ2n) is 5.69. The van der Waals surface area contributed by atoms with Crippen molar-refractivity contribution in [2.75, 3.05) is 4.90 Å². The van der Waals surface area contributed by atoms with Crippen LogP contribution in [0.15, 0.2) is 42.5 Å². The molecule has 1 unspecified atom stereocenters. The molecule has 0 spiro atoms. The van der Waals surface area contributed by atoms with Gasteiger partial charge in [-0.3, -0.25) is 4.79 Å². The van der Waals surface area contributed by atoms with Crippen molar-refractivity contribution in [1.82, 2.24) is 0 Å². The smallest absolute Gasteiger partial charge is 0.258 e. The van der Waals surface area contributed by atoms with E-state index in [-0.39, 0.29) is 17.7 Å². The maximum atomic E-state index is 12.9. The number of fused-ring (bicyclic) bond motifs is 1. The summed E-state index contributed by atoms with van der Waals surface area (Å²) in [6, 6.07) is 13.3. The van der Waals surface area contributed by atoms with Gasteiger partial charge in [-0.25, -0.2) is 0 Å². The van der Waals surface area contributed by atoms with Crippen LogP contribution in [0.4, 0.5) is 5.69 Å². The predicted molar refractivity (Wildman–Crippen MR) is 83.9 cm³/mol. The number of carbonyl (C=O) groups excluding carboxylic acids is 1. The highest BCUT2D eigenvalue weighted by Gasteiger charge is 2.28. The second kappa shape index (κ2) is 5.24. The van der Waals surface area contributed by atoms with Crippen molar-refractivity contribution in [2.45, 2.75) is 32.7 Å². The average molecular weight is 281 g/mol. The van der Waals surface area contributed by atoms with Gasteiger partial charge in [0, 0.05) is 17.3 Å². The number of phenols is 1. The molecule has 3 rings (SSSR count). The van der Waals surface area contributed by atoms with Crippen LogP contribution in [-0.4, -0.2) is 17.1 Å². The molecule has 3 heteroatoms. The van der Waals surface area contributed by atoms with E-state index in [1.165, 1.54) is 5.56 Å². The lowest BCUT2D eigenvalue weighted by Gasteiger charge is -2.35. The van der Waals surface area contributed by atoms with Crippen LogP contribution in [0.5, 0.6) is 5.75 Å². The molecular weight excluding hydrogens is 262 g/mol. The first-order chi connectivity index (χ1) is 10.1. The Balaban J connectivity index is 2.02. The fourth-order valence-electron chi connectivity index (χ4n) is 2.93. The summed E-state index contributed by atoms with van der Waals surface area (Å²) in [5, 5.41) is 9.62. The van der Waals surface area contributed by atoms with Gasteiger partial charge in [-0.05, 0) is 62.1 Å². The number of rotatable bonds is 1. The summed E-state index contributed by atoms with van der Waals surface area (Å²) < 4.78 is 0. The van der Waals surface area contributed by atoms with Crippen LogP contribution < -0.4 is 4.90 Å². The summed E-state index contributed by atoms with van der Waals surface area (Å²) in [4.78, 5) is 14.8. The zero-order valence-electron chi connectivity index (χ0n) is 12.3. The fourth-order valence-corrected chi connectivity index (χ4v) is 2.93. The van der Waals surface area contributed by atoms with Gasteiger partial charge in [-0.1, -0.05) is 18.2 Å². The molecule has 21 heavy (non-hydrogen) atoms. The Hall–Kier alpha value is -2.29. The highest BCUT2D eigenvalue weighted by molar-refractivity contribution is 6.07. The van der Waals surface area contributed by atoms with Gasteiger partial charge in [0.1, 0.15) is 5.75 Å². The third-order valence-corrected chi connectivity index (χ3v) is 4.19. The largest absolute Gasteiger partial charge is 0.508 e. The van der Waals surface area contributed by atoms with Gasteiger partial charge in [0.25, 0.3) is 5.91 Å².